The monoisotopic (exact) mass is 391 g/mol. The summed E-state index contributed by atoms with van der Waals surface area (Å²) in [5, 5.41) is 3.53. The molecule has 6 heteroatoms. The van der Waals surface area contributed by atoms with Gasteiger partial charge in [0.05, 0.1) is 23.8 Å². The number of imidazole rings is 1. The summed E-state index contributed by atoms with van der Waals surface area (Å²) < 4.78 is 7.25. The number of aromatic nitrogens is 2. The molecule has 0 unspecified atom stereocenters. The molecule has 4 aromatic rings. The average Bonchev–Trinajstić information content (AvgIpc) is 3.16. The molecule has 1 aromatic heterocycles. The van der Waals surface area contributed by atoms with Crippen molar-refractivity contribution in [2.24, 2.45) is 0 Å². The zero-order valence-corrected chi connectivity index (χ0v) is 16.0. The van der Waals surface area contributed by atoms with Gasteiger partial charge in [-0.1, -0.05) is 35.9 Å². The van der Waals surface area contributed by atoms with Gasteiger partial charge in [0, 0.05) is 23.2 Å². The fourth-order valence-corrected chi connectivity index (χ4v) is 3.24. The van der Waals surface area contributed by atoms with Crippen LogP contribution in [-0.4, -0.2) is 22.6 Å². The van der Waals surface area contributed by atoms with E-state index in [9.17, 15) is 4.79 Å². The van der Waals surface area contributed by atoms with E-state index in [1.807, 2.05) is 53.1 Å². The van der Waals surface area contributed by atoms with Crippen LogP contribution in [0, 0.1) is 0 Å². The largest absolute Gasteiger partial charge is 0.497 e. The Morgan fingerprint density at radius 3 is 2.79 bits per heavy atom. The minimum atomic E-state index is -0.169. The van der Waals surface area contributed by atoms with Gasteiger partial charge in [-0.15, -0.1) is 0 Å². The molecule has 0 spiro atoms. The Kier molecular flexibility index (Phi) is 5.00. The van der Waals surface area contributed by atoms with Crippen LogP contribution >= 0.6 is 11.6 Å². The van der Waals surface area contributed by atoms with Crippen molar-refractivity contribution in [2.75, 3.05) is 7.11 Å². The number of methoxy groups -OCH3 is 1. The number of hydrogen-bond acceptors (Lipinski definition) is 3. The number of fused-ring (bicyclic) bond motifs is 1. The Morgan fingerprint density at radius 1 is 1.11 bits per heavy atom. The minimum Gasteiger partial charge on any atom is -0.497 e. The van der Waals surface area contributed by atoms with Crippen molar-refractivity contribution in [1.82, 2.24) is 14.9 Å². The Morgan fingerprint density at radius 2 is 1.96 bits per heavy atom. The van der Waals surface area contributed by atoms with Gasteiger partial charge in [0.1, 0.15) is 12.1 Å². The van der Waals surface area contributed by atoms with E-state index in [0.717, 1.165) is 28.0 Å². The van der Waals surface area contributed by atoms with Crippen molar-refractivity contribution in [3.63, 3.8) is 0 Å². The van der Waals surface area contributed by atoms with Crippen LogP contribution in [0.1, 0.15) is 15.9 Å². The number of carbonyl (C=O) groups excluding carboxylic acids is 1. The van der Waals surface area contributed by atoms with Gasteiger partial charge in [0.25, 0.3) is 5.91 Å². The second kappa shape index (κ2) is 7.74. The first kappa shape index (κ1) is 18.1. The zero-order valence-electron chi connectivity index (χ0n) is 15.2. The summed E-state index contributed by atoms with van der Waals surface area (Å²) in [7, 11) is 1.64. The summed E-state index contributed by atoms with van der Waals surface area (Å²) in [6.07, 6.45) is 1.74. The molecule has 28 heavy (non-hydrogen) atoms. The lowest BCUT2D eigenvalue weighted by Gasteiger charge is -2.08. The molecule has 140 valence electrons. The fourth-order valence-electron chi connectivity index (χ4n) is 3.04. The highest BCUT2D eigenvalue weighted by atomic mass is 35.5. The highest BCUT2D eigenvalue weighted by Crippen LogP contribution is 2.22. The predicted octanol–water partition coefficient (Wildman–Crippen LogP) is 4.62. The number of benzene rings is 3. The van der Waals surface area contributed by atoms with Crippen LogP contribution < -0.4 is 10.1 Å². The van der Waals surface area contributed by atoms with Gasteiger partial charge in [-0.25, -0.2) is 4.98 Å². The smallest absolute Gasteiger partial charge is 0.251 e. The first-order valence-electron chi connectivity index (χ1n) is 8.79. The number of halogens is 1. The van der Waals surface area contributed by atoms with E-state index in [4.69, 9.17) is 16.3 Å². The Bertz CT molecular complexity index is 1150. The van der Waals surface area contributed by atoms with E-state index in [2.05, 4.69) is 10.3 Å². The summed E-state index contributed by atoms with van der Waals surface area (Å²) in [5.74, 6) is 0.604. The third-order valence-corrected chi connectivity index (χ3v) is 4.91. The van der Waals surface area contributed by atoms with Crippen LogP contribution in [0.15, 0.2) is 73.1 Å². The Balaban J connectivity index is 1.57. The van der Waals surface area contributed by atoms with Crippen LogP contribution in [0.4, 0.5) is 0 Å². The molecule has 1 amide bonds. The van der Waals surface area contributed by atoms with E-state index >= 15 is 0 Å². The normalized spacial score (nSPS) is 10.8. The van der Waals surface area contributed by atoms with Crippen LogP contribution in [0.2, 0.25) is 5.02 Å². The SMILES string of the molecule is COc1cccc(-n2cnc3cc(C(=O)NCc4ccccc4Cl)ccc32)c1. The summed E-state index contributed by atoms with van der Waals surface area (Å²) in [6, 6.07) is 20.7. The van der Waals surface area contributed by atoms with E-state index in [1.165, 1.54) is 0 Å². The molecule has 0 radical (unpaired) electrons. The average molecular weight is 392 g/mol. The molecule has 0 aliphatic carbocycles. The maximum absolute atomic E-state index is 12.5. The van der Waals surface area contributed by atoms with E-state index < -0.39 is 0 Å². The van der Waals surface area contributed by atoms with Gasteiger partial charge < -0.3 is 10.1 Å². The lowest BCUT2D eigenvalue weighted by Crippen LogP contribution is -2.22. The molecule has 0 aliphatic heterocycles. The quantitative estimate of drug-likeness (QED) is 0.540. The zero-order chi connectivity index (χ0) is 19.5. The van der Waals surface area contributed by atoms with Gasteiger partial charge in [0.15, 0.2) is 0 Å². The third kappa shape index (κ3) is 3.57. The molecule has 0 saturated carbocycles. The Hall–Kier alpha value is -3.31. The van der Waals surface area contributed by atoms with Gasteiger partial charge in [-0.05, 0) is 42.0 Å². The molecule has 0 bridgehead atoms. The number of hydrogen-bond donors (Lipinski definition) is 1. The van der Waals surface area contributed by atoms with E-state index in [-0.39, 0.29) is 5.91 Å². The maximum atomic E-state index is 12.5. The van der Waals surface area contributed by atoms with Crippen molar-refractivity contribution in [3.05, 3.63) is 89.2 Å². The number of amides is 1. The van der Waals surface area contributed by atoms with Crippen molar-refractivity contribution >= 4 is 28.5 Å². The van der Waals surface area contributed by atoms with Crippen LogP contribution in [0.25, 0.3) is 16.7 Å². The minimum absolute atomic E-state index is 0.169. The molecule has 3 aromatic carbocycles. The predicted molar refractivity (Wildman–Crippen MR) is 110 cm³/mol. The number of ether oxygens (including phenoxy) is 1. The van der Waals surface area contributed by atoms with Gasteiger partial charge in [-0.3, -0.25) is 9.36 Å². The van der Waals surface area contributed by atoms with Crippen LogP contribution in [0.5, 0.6) is 5.75 Å². The van der Waals surface area contributed by atoms with Crippen LogP contribution in [0.3, 0.4) is 0 Å². The summed E-state index contributed by atoms with van der Waals surface area (Å²) >= 11 is 6.14. The van der Waals surface area contributed by atoms with Crippen molar-refractivity contribution < 1.29 is 9.53 Å². The second-order valence-electron chi connectivity index (χ2n) is 6.29. The molecule has 0 aliphatic rings. The molecule has 4 rings (SSSR count). The third-order valence-electron chi connectivity index (χ3n) is 4.54. The Labute approximate surface area is 167 Å². The highest BCUT2D eigenvalue weighted by molar-refractivity contribution is 6.31. The number of nitrogens with zero attached hydrogens (tertiary/aromatic N) is 2. The number of carbonyl (C=O) groups is 1. The van der Waals surface area contributed by atoms with Crippen molar-refractivity contribution in [3.8, 4) is 11.4 Å². The molecule has 5 nitrogen and oxygen atoms in total. The summed E-state index contributed by atoms with van der Waals surface area (Å²) in [5.41, 5.74) is 4.03. The molecule has 1 N–H and O–H groups in total. The first-order chi connectivity index (χ1) is 13.7. The van der Waals surface area contributed by atoms with Crippen LogP contribution in [-0.2, 0) is 6.54 Å². The van der Waals surface area contributed by atoms with Gasteiger partial charge in [0.2, 0.25) is 0 Å². The lowest BCUT2D eigenvalue weighted by atomic mass is 10.1. The molecule has 0 atom stereocenters. The fraction of sp³-hybridized carbons (Fsp3) is 0.0909. The second-order valence-corrected chi connectivity index (χ2v) is 6.70. The van der Waals surface area contributed by atoms with Crippen molar-refractivity contribution in [1.29, 1.82) is 0 Å². The molecular weight excluding hydrogens is 374 g/mol. The number of rotatable bonds is 5. The summed E-state index contributed by atoms with van der Waals surface area (Å²) in [6.45, 7) is 0.370. The lowest BCUT2D eigenvalue weighted by molar-refractivity contribution is 0.0951. The molecule has 0 fully saturated rings. The topological polar surface area (TPSA) is 56.2 Å². The van der Waals surface area contributed by atoms with Gasteiger partial charge >= 0.3 is 0 Å². The molecular formula is C22H18ClN3O2. The standard InChI is InChI=1S/C22H18ClN3O2/c1-28-18-7-4-6-17(12-18)26-14-25-20-11-15(9-10-21(20)26)22(27)24-13-16-5-2-3-8-19(16)23/h2-12,14H,13H2,1H3,(H,24,27). The first-order valence-corrected chi connectivity index (χ1v) is 9.16. The summed E-state index contributed by atoms with van der Waals surface area (Å²) in [4.78, 5) is 17.0. The highest BCUT2D eigenvalue weighted by Gasteiger charge is 2.11. The van der Waals surface area contributed by atoms with Crippen molar-refractivity contribution in [2.45, 2.75) is 6.54 Å². The molecule has 0 saturated heterocycles. The number of nitrogens with one attached hydrogen (secondary N) is 1. The van der Waals surface area contributed by atoms with E-state index in [1.54, 1.807) is 31.6 Å². The molecule has 1 heterocycles. The maximum Gasteiger partial charge on any atom is 0.251 e. The van der Waals surface area contributed by atoms with E-state index in [0.29, 0.717) is 17.1 Å². The van der Waals surface area contributed by atoms with Gasteiger partial charge in [-0.2, -0.15) is 0 Å².